The zero-order valence-electron chi connectivity index (χ0n) is 20.0. The molecule has 0 unspecified atom stereocenters. The van der Waals surface area contributed by atoms with Crippen LogP contribution in [0.4, 0.5) is 0 Å². The SMILES string of the molecule is CCCCCC/C=C/c1ccc(C(=O)O)c(-c2ccc(C3CCC(CCC)CC3)cc2)c1. The normalized spacial score (nSPS) is 18.8. The number of unbranched alkanes of at least 4 members (excludes halogenated alkanes) is 4. The Bertz CT molecular complexity index is 870. The molecule has 172 valence electrons. The van der Waals surface area contributed by atoms with Crippen molar-refractivity contribution >= 4 is 12.0 Å². The molecule has 1 aliphatic rings. The third-order valence-corrected chi connectivity index (χ3v) is 7.05. The molecule has 2 aromatic carbocycles. The van der Waals surface area contributed by atoms with Crippen LogP contribution in [0.3, 0.4) is 0 Å². The Morgan fingerprint density at radius 1 is 0.938 bits per heavy atom. The van der Waals surface area contributed by atoms with E-state index in [9.17, 15) is 9.90 Å². The van der Waals surface area contributed by atoms with E-state index in [0.29, 0.717) is 11.5 Å². The lowest BCUT2D eigenvalue weighted by atomic mass is 9.77. The molecule has 3 rings (SSSR count). The number of carboxylic acid groups (broad SMARTS) is 1. The first-order valence-corrected chi connectivity index (χ1v) is 12.8. The molecule has 2 nitrogen and oxygen atoms in total. The summed E-state index contributed by atoms with van der Waals surface area (Å²) >= 11 is 0. The van der Waals surface area contributed by atoms with E-state index >= 15 is 0 Å². The Morgan fingerprint density at radius 2 is 1.69 bits per heavy atom. The van der Waals surface area contributed by atoms with Gasteiger partial charge in [0, 0.05) is 0 Å². The number of hydrogen-bond donors (Lipinski definition) is 1. The third-order valence-electron chi connectivity index (χ3n) is 7.05. The highest BCUT2D eigenvalue weighted by molar-refractivity contribution is 5.96. The van der Waals surface area contributed by atoms with Crippen molar-refractivity contribution in [2.24, 2.45) is 5.92 Å². The van der Waals surface area contributed by atoms with E-state index in [1.54, 1.807) is 6.07 Å². The first-order valence-electron chi connectivity index (χ1n) is 12.8. The van der Waals surface area contributed by atoms with E-state index in [2.05, 4.69) is 50.3 Å². The molecular formula is C30H40O2. The van der Waals surface area contributed by atoms with Gasteiger partial charge in [0.05, 0.1) is 5.56 Å². The Hall–Kier alpha value is -2.35. The lowest BCUT2D eigenvalue weighted by molar-refractivity contribution is 0.0697. The van der Waals surface area contributed by atoms with Crippen molar-refractivity contribution in [1.82, 2.24) is 0 Å². The van der Waals surface area contributed by atoms with Crippen molar-refractivity contribution in [2.75, 3.05) is 0 Å². The molecule has 1 N–H and O–H groups in total. The number of hydrogen-bond acceptors (Lipinski definition) is 1. The van der Waals surface area contributed by atoms with E-state index in [1.807, 2.05) is 12.1 Å². The van der Waals surface area contributed by atoms with Crippen LogP contribution < -0.4 is 0 Å². The van der Waals surface area contributed by atoms with Crippen LogP contribution in [0.25, 0.3) is 17.2 Å². The minimum absolute atomic E-state index is 0.373. The van der Waals surface area contributed by atoms with Gasteiger partial charge in [-0.05, 0) is 84.7 Å². The van der Waals surface area contributed by atoms with Gasteiger partial charge in [-0.3, -0.25) is 0 Å². The molecule has 2 heteroatoms. The standard InChI is InChI=1S/C30H40O2/c1-3-5-6-7-8-9-11-24-14-21-28(30(31)32)29(22-24)27-19-17-26(18-20-27)25-15-12-23(10-4-2)13-16-25/h9,11,14,17-23,25H,3-8,10,12-13,15-16H2,1-2H3,(H,31,32)/b11-9+. The second-order valence-electron chi connectivity index (χ2n) is 9.49. The Morgan fingerprint density at radius 3 is 2.34 bits per heavy atom. The quantitative estimate of drug-likeness (QED) is 0.359. The predicted octanol–water partition coefficient (Wildman–Crippen LogP) is 9.11. The first kappa shape index (κ1) is 24.3. The molecule has 0 saturated heterocycles. The van der Waals surface area contributed by atoms with E-state index in [4.69, 9.17) is 0 Å². The average Bonchev–Trinajstić information content (AvgIpc) is 2.82. The molecule has 0 radical (unpaired) electrons. The second kappa shape index (κ2) is 12.6. The van der Waals surface area contributed by atoms with Gasteiger partial charge in [-0.15, -0.1) is 0 Å². The summed E-state index contributed by atoms with van der Waals surface area (Å²) in [6, 6.07) is 14.4. The van der Waals surface area contributed by atoms with Crippen LogP contribution in [0.5, 0.6) is 0 Å². The summed E-state index contributed by atoms with van der Waals surface area (Å²) in [6.07, 6.45) is 18.4. The van der Waals surface area contributed by atoms with Gasteiger partial charge in [-0.1, -0.05) is 88.4 Å². The van der Waals surface area contributed by atoms with Crippen molar-refractivity contribution in [3.8, 4) is 11.1 Å². The summed E-state index contributed by atoms with van der Waals surface area (Å²) in [5.41, 5.74) is 4.65. The lowest BCUT2D eigenvalue weighted by Crippen LogP contribution is -2.13. The van der Waals surface area contributed by atoms with E-state index in [0.717, 1.165) is 29.0 Å². The fourth-order valence-corrected chi connectivity index (χ4v) is 5.13. The summed E-state index contributed by atoms with van der Waals surface area (Å²) in [7, 11) is 0. The molecule has 0 heterocycles. The van der Waals surface area contributed by atoms with Gasteiger partial charge in [0.15, 0.2) is 0 Å². The molecule has 1 fully saturated rings. The van der Waals surface area contributed by atoms with Crippen molar-refractivity contribution in [1.29, 1.82) is 0 Å². The van der Waals surface area contributed by atoms with Gasteiger partial charge in [0.2, 0.25) is 0 Å². The van der Waals surface area contributed by atoms with Crippen molar-refractivity contribution in [3.05, 3.63) is 65.2 Å². The highest BCUT2D eigenvalue weighted by Gasteiger charge is 2.22. The minimum atomic E-state index is -0.867. The number of carbonyl (C=O) groups is 1. The lowest BCUT2D eigenvalue weighted by Gasteiger charge is -2.28. The van der Waals surface area contributed by atoms with Crippen LogP contribution in [-0.4, -0.2) is 11.1 Å². The molecule has 2 aromatic rings. The van der Waals surface area contributed by atoms with Gasteiger partial charge in [0.25, 0.3) is 0 Å². The summed E-state index contributed by atoms with van der Waals surface area (Å²) in [5.74, 6) is 0.697. The zero-order valence-corrected chi connectivity index (χ0v) is 20.0. The van der Waals surface area contributed by atoms with Crippen molar-refractivity contribution in [3.63, 3.8) is 0 Å². The highest BCUT2D eigenvalue weighted by Crippen LogP contribution is 2.38. The van der Waals surface area contributed by atoms with Crippen LogP contribution in [0.2, 0.25) is 0 Å². The van der Waals surface area contributed by atoms with E-state index in [-0.39, 0.29) is 0 Å². The van der Waals surface area contributed by atoms with Crippen LogP contribution in [0, 0.1) is 5.92 Å². The molecule has 32 heavy (non-hydrogen) atoms. The maximum Gasteiger partial charge on any atom is 0.336 e. The smallest absolute Gasteiger partial charge is 0.336 e. The van der Waals surface area contributed by atoms with Gasteiger partial charge < -0.3 is 5.11 Å². The zero-order chi connectivity index (χ0) is 22.8. The fourth-order valence-electron chi connectivity index (χ4n) is 5.13. The van der Waals surface area contributed by atoms with Crippen LogP contribution in [-0.2, 0) is 0 Å². The molecule has 0 spiro atoms. The Labute approximate surface area is 194 Å². The van der Waals surface area contributed by atoms with Gasteiger partial charge in [0.1, 0.15) is 0 Å². The Kier molecular flexibility index (Phi) is 9.59. The van der Waals surface area contributed by atoms with Crippen molar-refractivity contribution < 1.29 is 9.90 Å². The summed E-state index contributed by atoms with van der Waals surface area (Å²) in [6.45, 7) is 4.51. The molecule has 0 atom stereocenters. The summed E-state index contributed by atoms with van der Waals surface area (Å²) < 4.78 is 0. The molecule has 1 saturated carbocycles. The van der Waals surface area contributed by atoms with Gasteiger partial charge in [-0.2, -0.15) is 0 Å². The first-order chi connectivity index (χ1) is 15.6. The number of rotatable bonds is 11. The van der Waals surface area contributed by atoms with Crippen LogP contribution >= 0.6 is 0 Å². The van der Waals surface area contributed by atoms with Crippen LogP contribution in [0.1, 0.15) is 112 Å². The van der Waals surface area contributed by atoms with E-state index in [1.165, 1.54) is 69.8 Å². The molecule has 0 bridgehead atoms. The summed E-state index contributed by atoms with van der Waals surface area (Å²) in [4.78, 5) is 11.8. The molecule has 0 aromatic heterocycles. The fraction of sp³-hybridized carbons (Fsp3) is 0.500. The largest absolute Gasteiger partial charge is 0.478 e. The molecular weight excluding hydrogens is 392 g/mol. The average molecular weight is 433 g/mol. The summed E-state index contributed by atoms with van der Waals surface area (Å²) in [5, 5.41) is 9.72. The third kappa shape index (κ3) is 6.82. The van der Waals surface area contributed by atoms with Gasteiger partial charge in [-0.25, -0.2) is 4.79 Å². The molecule has 0 aliphatic heterocycles. The molecule has 1 aliphatic carbocycles. The maximum absolute atomic E-state index is 11.8. The van der Waals surface area contributed by atoms with E-state index < -0.39 is 5.97 Å². The Balaban J connectivity index is 1.71. The molecule has 0 amide bonds. The number of allylic oxidation sites excluding steroid dienone is 1. The highest BCUT2D eigenvalue weighted by atomic mass is 16.4. The van der Waals surface area contributed by atoms with Crippen molar-refractivity contribution in [2.45, 2.75) is 90.4 Å². The second-order valence-corrected chi connectivity index (χ2v) is 9.49. The number of benzene rings is 2. The monoisotopic (exact) mass is 432 g/mol. The topological polar surface area (TPSA) is 37.3 Å². The number of aromatic carboxylic acids is 1. The van der Waals surface area contributed by atoms with Crippen LogP contribution in [0.15, 0.2) is 48.5 Å². The predicted molar refractivity (Wildman–Crippen MR) is 136 cm³/mol. The van der Waals surface area contributed by atoms with Gasteiger partial charge >= 0.3 is 5.97 Å². The maximum atomic E-state index is 11.8. The minimum Gasteiger partial charge on any atom is -0.478 e. The number of carboxylic acids is 1.